The second-order valence-corrected chi connectivity index (χ2v) is 8.31. The van der Waals surface area contributed by atoms with Crippen LogP contribution in [0.15, 0.2) is 17.5 Å². The maximum Gasteiger partial charge on any atom is 0.325 e. The monoisotopic (exact) mass is 510 g/mol. The summed E-state index contributed by atoms with van der Waals surface area (Å²) in [5.74, 6) is -3.14. The maximum atomic E-state index is 13.1. The maximum absolute atomic E-state index is 13.1. The van der Waals surface area contributed by atoms with Gasteiger partial charge in [0.25, 0.3) is 0 Å². The number of unbranched alkanes of at least 4 members (excludes halogenated alkanes) is 1. The first kappa shape index (κ1) is 30.3. The van der Waals surface area contributed by atoms with Crippen molar-refractivity contribution in [2.45, 2.75) is 69.6 Å². The van der Waals surface area contributed by atoms with E-state index in [1.54, 1.807) is 0 Å². The van der Waals surface area contributed by atoms with Crippen LogP contribution in [0.1, 0.15) is 44.7 Å². The molecule has 4 unspecified atom stereocenters. The van der Waals surface area contributed by atoms with E-state index in [1.807, 2.05) is 0 Å². The predicted octanol–water partition coefficient (Wildman–Crippen LogP) is -2.98. The van der Waals surface area contributed by atoms with Crippen LogP contribution in [-0.4, -0.2) is 82.0 Å². The molecular weight excluding hydrogens is 472 g/mol. The minimum atomic E-state index is -1.23. The Bertz CT molecular complexity index is 872. The first-order valence-corrected chi connectivity index (χ1v) is 11.7. The number of aliphatic imine (C=N–C) groups is 1. The number of aliphatic carboxylic acids is 1. The lowest BCUT2D eigenvalue weighted by Gasteiger charge is -2.24. The molecule has 0 bridgehead atoms. The highest BCUT2D eigenvalue weighted by molar-refractivity contribution is 5.94. The van der Waals surface area contributed by atoms with Gasteiger partial charge in [-0.05, 0) is 45.6 Å². The van der Waals surface area contributed by atoms with Crippen molar-refractivity contribution in [1.82, 2.24) is 25.9 Å². The van der Waals surface area contributed by atoms with Crippen molar-refractivity contribution in [3.8, 4) is 0 Å². The van der Waals surface area contributed by atoms with Crippen molar-refractivity contribution >= 4 is 29.7 Å². The molecule has 0 aliphatic heterocycles. The number of nitrogens with one attached hydrogen (secondary N) is 4. The van der Waals surface area contributed by atoms with Crippen LogP contribution < -0.4 is 38.9 Å². The molecule has 1 aromatic heterocycles. The number of imidazole rings is 1. The molecule has 1 rings (SSSR count). The zero-order chi connectivity index (χ0) is 27.1. The molecule has 0 fully saturated rings. The van der Waals surface area contributed by atoms with E-state index in [0.717, 1.165) is 0 Å². The van der Waals surface area contributed by atoms with Gasteiger partial charge in [-0.15, -0.1) is 0 Å². The number of aromatic nitrogens is 2. The van der Waals surface area contributed by atoms with E-state index in [-0.39, 0.29) is 25.2 Å². The molecule has 0 spiro atoms. The Kier molecular flexibility index (Phi) is 13.5. The fraction of sp³-hybridized carbons (Fsp3) is 0.619. The van der Waals surface area contributed by atoms with Gasteiger partial charge in [-0.25, -0.2) is 4.98 Å². The number of rotatable bonds is 17. The number of aromatic amines is 1. The van der Waals surface area contributed by atoms with Gasteiger partial charge in [0.1, 0.15) is 18.1 Å². The normalized spacial score (nSPS) is 14.1. The Balaban J connectivity index is 2.91. The molecule has 15 nitrogen and oxygen atoms in total. The fourth-order valence-corrected chi connectivity index (χ4v) is 3.16. The molecule has 0 radical (unpaired) electrons. The van der Waals surface area contributed by atoms with Crippen LogP contribution in [0.2, 0.25) is 0 Å². The van der Waals surface area contributed by atoms with Crippen molar-refractivity contribution < 1.29 is 24.3 Å². The van der Waals surface area contributed by atoms with Crippen molar-refractivity contribution in [1.29, 1.82) is 0 Å². The van der Waals surface area contributed by atoms with Crippen LogP contribution in [0.3, 0.4) is 0 Å². The van der Waals surface area contributed by atoms with Crippen molar-refractivity contribution in [2.75, 3.05) is 13.1 Å². The van der Waals surface area contributed by atoms with Crippen LogP contribution in [0, 0.1) is 0 Å². The van der Waals surface area contributed by atoms with Gasteiger partial charge in [-0.1, -0.05) is 0 Å². The molecule has 0 aliphatic rings. The summed E-state index contributed by atoms with van der Waals surface area (Å²) >= 11 is 0. The van der Waals surface area contributed by atoms with Crippen LogP contribution >= 0.6 is 0 Å². The van der Waals surface area contributed by atoms with E-state index in [1.165, 1.54) is 19.4 Å². The first-order chi connectivity index (χ1) is 17.0. The standard InChI is InChI=1S/C21H38N10O5/c1-12(20(35)36)29-19(34)16(9-13-10-26-11-28-13)31-18(33)15(6-2-3-7-22)30-17(32)14(23)5-4-8-27-21(24)25/h10-12,14-16H,2-9,22-23H2,1H3,(H,26,28)(H,29,34)(H,30,32)(H,31,33)(H,35,36)(H4,24,25,27). The molecular formula is C21H38N10O5. The third-order valence-corrected chi connectivity index (χ3v) is 5.23. The number of nitrogens with zero attached hydrogens (tertiary/aromatic N) is 2. The molecule has 4 atom stereocenters. The van der Waals surface area contributed by atoms with Crippen LogP contribution in [0.25, 0.3) is 0 Å². The smallest absolute Gasteiger partial charge is 0.325 e. The van der Waals surface area contributed by atoms with E-state index in [4.69, 9.17) is 28.0 Å². The van der Waals surface area contributed by atoms with Crippen LogP contribution in [0.5, 0.6) is 0 Å². The largest absolute Gasteiger partial charge is 0.480 e. The molecule has 36 heavy (non-hydrogen) atoms. The molecule has 0 saturated heterocycles. The summed E-state index contributed by atoms with van der Waals surface area (Å²) in [6.45, 7) is 2.02. The van der Waals surface area contributed by atoms with Crippen LogP contribution in [0.4, 0.5) is 0 Å². The van der Waals surface area contributed by atoms with Gasteiger partial charge in [0.15, 0.2) is 5.96 Å². The zero-order valence-corrected chi connectivity index (χ0v) is 20.4. The number of hydrogen-bond donors (Lipinski definition) is 9. The highest BCUT2D eigenvalue weighted by atomic mass is 16.4. The molecule has 1 heterocycles. The SMILES string of the molecule is CC(NC(=O)C(Cc1cnc[nH]1)NC(=O)C(CCCCN)NC(=O)C(N)CCCN=C(N)N)C(=O)O. The fourth-order valence-electron chi connectivity index (χ4n) is 3.16. The third-order valence-electron chi connectivity index (χ3n) is 5.23. The summed E-state index contributed by atoms with van der Waals surface area (Å²) in [4.78, 5) is 60.2. The number of carbonyl (C=O) groups excluding carboxylic acids is 3. The highest BCUT2D eigenvalue weighted by Gasteiger charge is 2.29. The third kappa shape index (κ3) is 11.6. The first-order valence-electron chi connectivity index (χ1n) is 11.7. The Labute approximate surface area is 209 Å². The number of H-pyrrole nitrogens is 1. The summed E-state index contributed by atoms with van der Waals surface area (Å²) in [6.07, 6.45) is 5.10. The lowest BCUT2D eigenvalue weighted by molar-refractivity contribution is -0.141. The molecule has 0 aromatic carbocycles. The molecule has 202 valence electrons. The molecule has 1 aromatic rings. The van der Waals surface area contributed by atoms with Gasteiger partial charge < -0.3 is 49.0 Å². The van der Waals surface area contributed by atoms with Gasteiger partial charge >= 0.3 is 5.97 Å². The topological polar surface area (TPSA) is 270 Å². The Hall–Kier alpha value is -3.72. The number of amides is 3. The Morgan fingerprint density at radius 1 is 1.03 bits per heavy atom. The van der Waals surface area contributed by atoms with Gasteiger partial charge in [-0.3, -0.25) is 24.2 Å². The summed E-state index contributed by atoms with van der Waals surface area (Å²) in [5.41, 5.74) is 22.6. The number of guanidine groups is 1. The second-order valence-electron chi connectivity index (χ2n) is 8.31. The zero-order valence-electron chi connectivity index (χ0n) is 20.4. The number of carboxylic acids is 1. The molecule has 15 heteroatoms. The van der Waals surface area contributed by atoms with E-state index < -0.39 is 47.9 Å². The minimum Gasteiger partial charge on any atom is -0.480 e. The number of carbonyl (C=O) groups is 4. The van der Waals surface area contributed by atoms with E-state index >= 15 is 0 Å². The van der Waals surface area contributed by atoms with Gasteiger partial charge in [0.05, 0.1) is 12.4 Å². The second kappa shape index (κ2) is 16.0. The van der Waals surface area contributed by atoms with Gasteiger partial charge in [0, 0.05) is 24.9 Å². The lowest BCUT2D eigenvalue weighted by Crippen LogP contribution is -2.57. The molecule has 0 aliphatic carbocycles. The highest BCUT2D eigenvalue weighted by Crippen LogP contribution is 2.06. The number of carboxylic acid groups (broad SMARTS) is 1. The average Bonchev–Trinajstić information content (AvgIpc) is 3.33. The number of hydrogen-bond acceptors (Lipinski definition) is 8. The van der Waals surface area contributed by atoms with Crippen molar-refractivity contribution in [3.63, 3.8) is 0 Å². The van der Waals surface area contributed by atoms with E-state index in [0.29, 0.717) is 38.0 Å². The molecule has 0 saturated carbocycles. The molecule has 13 N–H and O–H groups in total. The van der Waals surface area contributed by atoms with Gasteiger partial charge in [0.2, 0.25) is 17.7 Å². The predicted molar refractivity (Wildman–Crippen MR) is 132 cm³/mol. The Morgan fingerprint density at radius 3 is 2.28 bits per heavy atom. The van der Waals surface area contributed by atoms with E-state index in [9.17, 15) is 19.2 Å². The lowest BCUT2D eigenvalue weighted by atomic mass is 10.0. The van der Waals surface area contributed by atoms with Crippen molar-refractivity contribution in [3.05, 3.63) is 18.2 Å². The van der Waals surface area contributed by atoms with Crippen LogP contribution in [-0.2, 0) is 25.6 Å². The van der Waals surface area contributed by atoms with Gasteiger partial charge in [-0.2, -0.15) is 0 Å². The number of nitrogens with two attached hydrogens (primary N) is 4. The summed E-state index contributed by atoms with van der Waals surface area (Å²) in [7, 11) is 0. The molecule has 3 amide bonds. The summed E-state index contributed by atoms with van der Waals surface area (Å²) < 4.78 is 0. The van der Waals surface area contributed by atoms with Crippen molar-refractivity contribution in [2.24, 2.45) is 27.9 Å². The summed E-state index contributed by atoms with van der Waals surface area (Å²) in [6, 6.07) is -4.18. The van der Waals surface area contributed by atoms with E-state index in [2.05, 4.69) is 30.9 Å². The minimum absolute atomic E-state index is 0.0255. The Morgan fingerprint density at radius 2 is 1.69 bits per heavy atom. The average molecular weight is 511 g/mol. The summed E-state index contributed by atoms with van der Waals surface area (Å²) in [5, 5.41) is 16.7. The quantitative estimate of drug-likeness (QED) is 0.0582.